The number of rotatable bonds is 5. The summed E-state index contributed by atoms with van der Waals surface area (Å²) in [6.07, 6.45) is 3.93. The van der Waals surface area contributed by atoms with Gasteiger partial charge in [-0.05, 0) is 19.1 Å². The minimum Gasteiger partial charge on any atom is -0.481 e. The molecule has 0 fully saturated rings. The molecular weight excluding hydrogens is 212 g/mol. The molecule has 1 aromatic heterocycles. The summed E-state index contributed by atoms with van der Waals surface area (Å²) in [4.78, 5) is 22.0. The Hall–Kier alpha value is -2.04. The van der Waals surface area contributed by atoms with Crippen molar-refractivity contribution in [2.75, 3.05) is 6.61 Å². The Morgan fingerprint density at radius 2 is 2.31 bits per heavy atom. The molecule has 0 amide bonds. The molecule has 0 radical (unpaired) electrons. The van der Waals surface area contributed by atoms with Crippen molar-refractivity contribution in [3.63, 3.8) is 0 Å². The molecule has 5 heteroatoms. The van der Waals surface area contributed by atoms with E-state index in [9.17, 15) is 9.59 Å². The topological polar surface area (TPSA) is 76.7 Å². The van der Waals surface area contributed by atoms with Crippen molar-refractivity contribution < 1.29 is 23.8 Å². The number of carbonyl (C=O) groups excluding carboxylic acids is 1. The summed E-state index contributed by atoms with van der Waals surface area (Å²) in [5.41, 5.74) is 0.722. The van der Waals surface area contributed by atoms with Gasteiger partial charge in [-0.1, -0.05) is 0 Å². The van der Waals surface area contributed by atoms with Crippen molar-refractivity contribution in [2.24, 2.45) is 0 Å². The van der Waals surface area contributed by atoms with E-state index in [1.807, 2.05) is 0 Å². The average molecular weight is 224 g/mol. The van der Waals surface area contributed by atoms with E-state index in [1.54, 1.807) is 13.0 Å². The van der Waals surface area contributed by atoms with Crippen LogP contribution < -0.4 is 0 Å². The first-order valence-electron chi connectivity index (χ1n) is 4.75. The number of carboxylic acid groups (broad SMARTS) is 1. The minimum absolute atomic E-state index is 0.0933. The minimum atomic E-state index is -1.08. The first-order chi connectivity index (χ1) is 7.63. The van der Waals surface area contributed by atoms with Gasteiger partial charge in [0.15, 0.2) is 0 Å². The van der Waals surface area contributed by atoms with Crippen LogP contribution in [0.1, 0.15) is 18.9 Å². The number of carboxylic acids is 1. The Kier molecular flexibility index (Phi) is 4.32. The van der Waals surface area contributed by atoms with Crippen LogP contribution in [0.25, 0.3) is 6.08 Å². The van der Waals surface area contributed by atoms with Crippen molar-refractivity contribution >= 4 is 18.0 Å². The Bertz CT molecular complexity index is 389. The molecule has 1 N–H and O–H groups in total. The fourth-order valence-corrected chi connectivity index (χ4v) is 1.13. The summed E-state index contributed by atoms with van der Waals surface area (Å²) in [6, 6.07) is 1.63. The molecule has 0 saturated heterocycles. The van der Waals surface area contributed by atoms with E-state index in [0.717, 1.165) is 0 Å². The number of ether oxygens (including phenoxy) is 1. The van der Waals surface area contributed by atoms with Gasteiger partial charge in [-0.2, -0.15) is 0 Å². The molecule has 0 aliphatic heterocycles. The Balaban J connectivity index is 2.86. The van der Waals surface area contributed by atoms with Gasteiger partial charge in [-0.3, -0.25) is 4.79 Å². The number of aliphatic carboxylic acids is 1. The summed E-state index contributed by atoms with van der Waals surface area (Å²) >= 11 is 0. The second kappa shape index (κ2) is 5.75. The zero-order chi connectivity index (χ0) is 12.0. The van der Waals surface area contributed by atoms with E-state index in [2.05, 4.69) is 0 Å². The van der Waals surface area contributed by atoms with Gasteiger partial charge < -0.3 is 14.3 Å². The summed E-state index contributed by atoms with van der Waals surface area (Å²) < 4.78 is 9.57. The molecular formula is C11H12O5. The highest BCUT2D eigenvalue weighted by Gasteiger charge is 2.14. The summed E-state index contributed by atoms with van der Waals surface area (Å²) in [5, 5.41) is 8.66. The largest absolute Gasteiger partial charge is 0.481 e. The third-order valence-corrected chi connectivity index (χ3v) is 1.76. The zero-order valence-corrected chi connectivity index (χ0v) is 8.80. The molecule has 0 atom stereocenters. The number of carbonyl (C=O) groups is 2. The Labute approximate surface area is 92.3 Å². The van der Waals surface area contributed by atoms with Crippen LogP contribution in [0.5, 0.6) is 0 Å². The first-order valence-corrected chi connectivity index (χ1v) is 4.75. The fraction of sp³-hybridized carbons (Fsp3) is 0.273. The highest BCUT2D eigenvalue weighted by Crippen LogP contribution is 2.12. The third-order valence-electron chi connectivity index (χ3n) is 1.76. The van der Waals surface area contributed by atoms with Crippen molar-refractivity contribution in [3.05, 3.63) is 29.7 Å². The highest BCUT2D eigenvalue weighted by atomic mass is 16.5. The van der Waals surface area contributed by atoms with Gasteiger partial charge >= 0.3 is 11.9 Å². The molecule has 0 aliphatic rings. The van der Waals surface area contributed by atoms with Gasteiger partial charge in [0.2, 0.25) is 0 Å². The summed E-state index contributed by atoms with van der Waals surface area (Å²) in [7, 11) is 0. The molecule has 86 valence electrons. The normalized spacial score (nSPS) is 11.2. The molecule has 5 nitrogen and oxygen atoms in total. The van der Waals surface area contributed by atoms with E-state index in [0.29, 0.717) is 5.56 Å². The van der Waals surface area contributed by atoms with Crippen LogP contribution >= 0.6 is 0 Å². The average Bonchev–Trinajstić information content (AvgIpc) is 2.69. The number of hydrogen-bond acceptors (Lipinski definition) is 4. The molecule has 0 unspecified atom stereocenters. The predicted octanol–water partition coefficient (Wildman–Crippen LogP) is 1.70. The Morgan fingerprint density at radius 3 is 2.81 bits per heavy atom. The van der Waals surface area contributed by atoms with Crippen molar-refractivity contribution in [3.8, 4) is 0 Å². The van der Waals surface area contributed by atoms with Crippen molar-refractivity contribution in [2.45, 2.75) is 13.3 Å². The first kappa shape index (κ1) is 12.0. The van der Waals surface area contributed by atoms with Crippen LogP contribution in [0.2, 0.25) is 0 Å². The zero-order valence-electron chi connectivity index (χ0n) is 8.80. The Morgan fingerprint density at radius 1 is 1.56 bits per heavy atom. The molecule has 0 bridgehead atoms. The van der Waals surface area contributed by atoms with Crippen LogP contribution in [0.15, 0.2) is 28.6 Å². The van der Waals surface area contributed by atoms with Crippen LogP contribution in [-0.4, -0.2) is 23.7 Å². The number of hydrogen-bond donors (Lipinski definition) is 1. The van der Waals surface area contributed by atoms with Crippen LogP contribution in [-0.2, 0) is 14.3 Å². The molecule has 0 spiro atoms. The second-order valence-corrected chi connectivity index (χ2v) is 3.02. The van der Waals surface area contributed by atoms with Crippen LogP contribution in [0.3, 0.4) is 0 Å². The lowest BCUT2D eigenvalue weighted by molar-refractivity contribution is -0.142. The van der Waals surface area contributed by atoms with E-state index in [4.69, 9.17) is 14.3 Å². The van der Waals surface area contributed by atoms with Crippen LogP contribution in [0, 0.1) is 0 Å². The maximum absolute atomic E-state index is 11.4. The smallest absolute Gasteiger partial charge is 0.334 e. The lowest BCUT2D eigenvalue weighted by Crippen LogP contribution is -2.11. The number of esters is 1. The maximum Gasteiger partial charge on any atom is 0.334 e. The number of furan rings is 1. The predicted molar refractivity (Wildman–Crippen MR) is 55.6 cm³/mol. The molecule has 0 aliphatic carbocycles. The van der Waals surface area contributed by atoms with Crippen LogP contribution in [0.4, 0.5) is 0 Å². The van der Waals surface area contributed by atoms with Crippen molar-refractivity contribution in [1.29, 1.82) is 0 Å². The maximum atomic E-state index is 11.4. The van der Waals surface area contributed by atoms with Gasteiger partial charge in [-0.25, -0.2) is 4.79 Å². The summed E-state index contributed by atoms with van der Waals surface area (Å²) in [5.74, 6) is -1.70. The second-order valence-electron chi connectivity index (χ2n) is 3.02. The quantitative estimate of drug-likeness (QED) is 0.608. The molecule has 1 heterocycles. The summed E-state index contributed by atoms with van der Waals surface area (Å²) in [6.45, 7) is 1.87. The lowest BCUT2D eigenvalue weighted by Gasteiger charge is -2.03. The molecule has 0 aromatic carbocycles. The highest BCUT2D eigenvalue weighted by molar-refractivity contribution is 5.97. The molecule has 1 aromatic rings. The van der Waals surface area contributed by atoms with Gasteiger partial charge in [0.25, 0.3) is 0 Å². The molecule has 1 rings (SSSR count). The molecule has 0 saturated carbocycles. The van der Waals surface area contributed by atoms with E-state index in [1.165, 1.54) is 18.6 Å². The third kappa shape index (κ3) is 3.61. The fourth-order valence-electron chi connectivity index (χ4n) is 1.13. The monoisotopic (exact) mass is 224 g/mol. The molecule has 16 heavy (non-hydrogen) atoms. The van der Waals surface area contributed by atoms with Gasteiger partial charge in [-0.15, -0.1) is 0 Å². The SMILES string of the molecule is CCOC(=O)/C(=C\c1ccoc1)CC(=O)O. The van der Waals surface area contributed by atoms with Crippen molar-refractivity contribution in [1.82, 2.24) is 0 Å². The van der Waals surface area contributed by atoms with Gasteiger partial charge in [0.1, 0.15) is 0 Å². The van der Waals surface area contributed by atoms with Gasteiger partial charge in [0, 0.05) is 11.1 Å². The van der Waals surface area contributed by atoms with E-state index < -0.39 is 11.9 Å². The standard InChI is InChI=1S/C11H12O5/c1-2-16-11(14)9(6-10(12)13)5-8-3-4-15-7-8/h3-5,7H,2,6H2,1H3,(H,12,13)/b9-5-. The van der Waals surface area contributed by atoms with E-state index >= 15 is 0 Å². The van der Waals surface area contributed by atoms with E-state index in [-0.39, 0.29) is 18.6 Å². The van der Waals surface area contributed by atoms with Gasteiger partial charge in [0.05, 0.1) is 25.6 Å². The lowest BCUT2D eigenvalue weighted by atomic mass is 10.1.